The van der Waals surface area contributed by atoms with Crippen molar-refractivity contribution < 1.29 is 0 Å². The normalized spacial score (nSPS) is 18.0. The first-order valence-electron chi connectivity index (χ1n) is 7.57. The molecule has 1 aromatic heterocycles. The van der Waals surface area contributed by atoms with Crippen molar-refractivity contribution in [3.05, 3.63) is 29.4 Å². The minimum atomic E-state index is 0.776. The summed E-state index contributed by atoms with van der Waals surface area (Å²) in [5.41, 5.74) is 3.56. The number of H-pyrrole nitrogens is 1. The monoisotopic (exact) mass is 288 g/mol. The molecule has 1 aromatic rings. The number of nitrogens with one attached hydrogen (secondary N) is 1. The molecule has 0 unspecified atom stereocenters. The van der Waals surface area contributed by atoms with Crippen LogP contribution in [0.2, 0.25) is 0 Å². The van der Waals surface area contributed by atoms with Crippen molar-refractivity contribution in [1.82, 2.24) is 24.9 Å². The number of likely N-dealkylation sites (N-methyl/N-ethyl adjacent to an activating group) is 2. The molecule has 0 spiro atoms. The predicted octanol–water partition coefficient (Wildman–Crippen LogP) is 1.39. The van der Waals surface area contributed by atoms with Crippen molar-refractivity contribution >= 4 is 5.84 Å². The molecule has 21 heavy (non-hydrogen) atoms. The van der Waals surface area contributed by atoms with Gasteiger partial charge in [-0.1, -0.05) is 0 Å². The molecule has 114 valence electrons. The van der Waals surface area contributed by atoms with Gasteiger partial charge >= 0.3 is 0 Å². The van der Waals surface area contributed by atoms with Crippen LogP contribution in [0.25, 0.3) is 0 Å². The number of aromatic amines is 1. The Morgan fingerprint density at radius 1 is 1.24 bits per heavy atom. The maximum atomic E-state index is 4.55. The zero-order chi connectivity index (χ0) is 14.8. The molecule has 0 saturated carbocycles. The smallest absolute Gasteiger partial charge is 0.152 e. The van der Waals surface area contributed by atoms with E-state index in [0.29, 0.717) is 0 Å². The maximum absolute atomic E-state index is 4.55. The Balaban J connectivity index is 1.48. The second-order valence-corrected chi connectivity index (χ2v) is 5.99. The minimum absolute atomic E-state index is 0.776. The second-order valence-electron chi connectivity index (χ2n) is 5.99. The summed E-state index contributed by atoms with van der Waals surface area (Å²) in [5, 5.41) is 7.28. The highest BCUT2D eigenvalue weighted by Gasteiger charge is 2.27. The molecule has 3 heterocycles. The van der Waals surface area contributed by atoms with E-state index in [-0.39, 0.29) is 0 Å². The molecule has 0 fully saturated rings. The number of aromatic nitrogens is 2. The Kier molecular flexibility index (Phi) is 3.86. The van der Waals surface area contributed by atoms with Crippen molar-refractivity contribution in [3.63, 3.8) is 0 Å². The highest BCUT2D eigenvalue weighted by molar-refractivity contribution is 5.99. The molecule has 6 heteroatoms. The van der Waals surface area contributed by atoms with Crippen LogP contribution in [-0.2, 0) is 6.42 Å². The summed E-state index contributed by atoms with van der Waals surface area (Å²) in [6.07, 6.45) is 5.66. The summed E-state index contributed by atoms with van der Waals surface area (Å²) in [6, 6.07) is 2.13. The lowest BCUT2D eigenvalue weighted by Crippen LogP contribution is -2.43. The van der Waals surface area contributed by atoms with E-state index in [2.05, 4.69) is 56.3 Å². The first-order chi connectivity index (χ1) is 10.1. The molecule has 0 saturated heterocycles. The van der Waals surface area contributed by atoms with Gasteiger partial charge in [-0.05, 0) is 32.3 Å². The first-order valence-corrected chi connectivity index (χ1v) is 7.57. The molecule has 0 atom stereocenters. The zero-order valence-corrected chi connectivity index (χ0v) is 13.1. The molecule has 2 aliphatic rings. The highest BCUT2D eigenvalue weighted by atomic mass is 15.4. The average molecular weight is 288 g/mol. The van der Waals surface area contributed by atoms with Crippen molar-refractivity contribution in [3.8, 4) is 0 Å². The van der Waals surface area contributed by atoms with E-state index in [1.165, 1.54) is 24.2 Å². The van der Waals surface area contributed by atoms with E-state index in [0.717, 1.165) is 37.8 Å². The molecule has 0 aromatic carbocycles. The Labute approximate surface area is 126 Å². The quantitative estimate of drug-likeness (QED) is 0.832. The topological polar surface area (TPSA) is 50.8 Å². The fraction of sp³-hybridized carbons (Fsp3) is 0.600. The maximum Gasteiger partial charge on any atom is 0.152 e. The number of rotatable bonds is 5. The molecular weight excluding hydrogens is 264 g/mol. The van der Waals surface area contributed by atoms with E-state index in [1.807, 2.05) is 6.92 Å². The number of aliphatic imine (C=N–C) groups is 1. The first kappa shape index (κ1) is 14.0. The van der Waals surface area contributed by atoms with Crippen LogP contribution in [0.5, 0.6) is 0 Å². The van der Waals surface area contributed by atoms with Crippen LogP contribution in [0.1, 0.15) is 24.2 Å². The van der Waals surface area contributed by atoms with Gasteiger partial charge in [0.2, 0.25) is 0 Å². The van der Waals surface area contributed by atoms with Crippen LogP contribution in [0.4, 0.5) is 0 Å². The van der Waals surface area contributed by atoms with Crippen LogP contribution >= 0.6 is 0 Å². The third-order valence-electron chi connectivity index (χ3n) is 4.02. The average Bonchev–Trinajstić information content (AvgIpc) is 3.02. The molecule has 2 aliphatic heterocycles. The summed E-state index contributed by atoms with van der Waals surface area (Å²) >= 11 is 0. The zero-order valence-electron chi connectivity index (χ0n) is 13.1. The van der Waals surface area contributed by atoms with Gasteiger partial charge in [-0.2, -0.15) is 5.10 Å². The Hall–Kier alpha value is -1.98. The number of amidine groups is 1. The van der Waals surface area contributed by atoms with Gasteiger partial charge in [0.1, 0.15) is 6.67 Å². The molecule has 0 radical (unpaired) electrons. The van der Waals surface area contributed by atoms with Crippen LogP contribution in [0, 0.1) is 6.92 Å². The highest BCUT2D eigenvalue weighted by Crippen LogP contribution is 2.20. The van der Waals surface area contributed by atoms with E-state index >= 15 is 0 Å². The molecule has 0 bridgehead atoms. The summed E-state index contributed by atoms with van der Waals surface area (Å²) < 4.78 is 0. The largest absolute Gasteiger partial charge is 0.358 e. The Morgan fingerprint density at radius 3 is 2.86 bits per heavy atom. The van der Waals surface area contributed by atoms with E-state index in [4.69, 9.17) is 0 Å². The summed E-state index contributed by atoms with van der Waals surface area (Å²) in [5.74, 6) is 1.13. The molecule has 3 rings (SSSR count). The Morgan fingerprint density at radius 2 is 2.10 bits per heavy atom. The standard InChI is InChI=1S/C15H24N6/c1-12-8-13(18-17-12)6-4-5-7-21-9-14-15(20(3)11-21)16-10-19(14)2/h8-9H,4-7,10-11H2,1-3H3,(H,17,18). The lowest BCUT2D eigenvalue weighted by molar-refractivity contribution is 0.250. The van der Waals surface area contributed by atoms with Gasteiger partial charge in [-0.15, -0.1) is 0 Å². The van der Waals surface area contributed by atoms with Crippen molar-refractivity contribution in [2.24, 2.45) is 4.99 Å². The van der Waals surface area contributed by atoms with Crippen LogP contribution < -0.4 is 0 Å². The van der Waals surface area contributed by atoms with Gasteiger partial charge < -0.3 is 14.7 Å². The van der Waals surface area contributed by atoms with Gasteiger partial charge in [0.15, 0.2) is 5.84 Å². The summed E-state index contributed by atoms with van der Waals surface area (Å²) in [7, 11) is 4.21. The number of unbranched alkanes of at least 4 members (excludes halogenated alkanes) is 1. The van der Waals surface area contributed by atoms with Gasteiger partial charge in [0, 0.05) is 32.5 Å². The third kappa shape index (κ3) is 3.04. The third-order valence-corrected chi connectivity index (χ3v) is 4.02. The number of nitrogens with zero attached hydrogens (tertiary/aromatic N) is 5. The molecular formula is C15H24N6. The van der Waals surface area contributed by atoms with E-state index in [9.17, 15) is 0 Å². The van der Waals surface area contributed by atoms with Crippen LogP contribution in [0.3, 0.4) is 0 Å². The molecule has 1 N–H and O–H groups in total. The van der Waals surface area contributed by atoms with Crippen molar-refractivity contribution in [1.29, 1.82) is 0 Å². The minimum Gasteiger partial charge on any atom is -0.358 e. The predicted molar refractivity (Wildman–Crippen MR) is 83.7 cm³/mol. The molecule has 6 nitrogen and oxygen atoms in total. The van der Waals surface area contributed by atoms with Crippen molar-refractivity contribution in [2.45, 2.75) is 26.2 Å². The Bertz CT molecular complexity index is 558. The fourth-order valence-electron chi connectivity index (χ4n) is 2.89. The van der Waals surface area contributed by atoms with Gasteiger partial charge in [-0.25, -0.2) is 4.99 Å². The molecule has 0 amide bonds. The number of aryl methyl sites for hydroxylation is 2. The van der Waals surface area contributed by atoms with Gasteiger partial charge in [-0.3, -0.25) is 5.10 Å². The number of fused-ring (bicyclic) bond motifs is 1. The van der Waals surface area contributed by atoms with Crippen molar-refractivity contribution in [2.75, 3.05) is 34.0 Å². The number of hydrogen-bond donors (Lipinski definition) is 1. The lowest BCUT2D eigenvalue weighted by Gasteiger charge is -2.34. The van der Waals surface area contributed by atoms with Crippen LogP contribution in [0.15, 0.2) is 23.0 Å². The number of hydrogen-bond acceptors (Lipinski definition) is 5. The fourth-order valence-corrected chi connectivity index (χ4v) is 2.89. The SMILES string of the molecule is Cc1cc(CCCCN2C=C3C(=NCN3C)N(C)C2)n[nH]1. The van der Waals surface area contributed by atoms with Gasteiger partial charge in [0.05, 0.1) is 18.1 Å². The summed E-state index contributed by atoms with van der Waals surface area (Å²) in [4.78, 5) is 11.4. The lowest BCUT2D eigenvalue weighted by atomic mass is 10.2. The van der Waals surface area contributed by atoms with E-state index in [1.54, 1.807) is 0 Å². The molecule has 0 aliphatic carbocycles. The van der Waals surface area contributed by atoms with Crippen LogP contribution in [-0.4, -0.2) is 64.7 Å². The second kappa shape index (κ2) is 5.79. The summed E-state index contributed by atoms with van der Waals surface area (Å²) in [6.45, 7) is 4.83. The van der Waals surface area contributed by atoms with Gasteiger partial charge in [0.25, 0.3) is 0 Å². The van der Waals surface area contributed by atoms with E-state index < -0.39 is 0 Å².